The molecule has 0 fully saturated rings. The molecule has 0 nitrogen and oxygen atoms in total. The van der Waals surface area contributed by atoms with Crippen molar-refractivity contribution in [2.75, 3.05) is 0 Å². The first-order valence-corrected chi connectivity index (χ1v) is 25.4. The van der Waals surface area contributed by atoms with Crippen LogP contribution in [0.15, 0.2) is 103 Å². The van der Waals surface area contributed by atoms with Gasteiger partial charge >= 0.3 is 334 Å². The van der Waals surface area contributed by atoms with E-state index in [1.807, 2.05) is 0 Å². The van der Waals surface area contributed by atoms with Gasteiger partial charge in [0.2, 0.25) is 0 Å². The maximum atomic E-state index is 6.51. The van der Waals surface area contributed by atoms with Crippen LogP contribution >= 0.6 is 48.0 Å². The molecule has 5 heteroatoms. The topological polar surface area (TPSA) is 0 Å². The smallest absolute Gasteiger partial charge is 0.147 e. The van der Waals surface area contributed by atoms with Crippen molar-refractivity contribution in [2.45, 2.75) is 92.9 Å². The molecule has 0 aliphatic heterocycles. The molecule has 8 rings (SSSR count). The summed E-state index contributed by atoms with van der Waals surface area (Å²) in [6.07, 6.45) is 9.75. The Hall–Kier alpha value is -2.38. The third kappa shape index (κ3) is 7.01. The fraction of sp³-hybridized carbons (Fsp3) is 0.320. The fourth-order valence-electron chi connectivity index (χ4n) is 10.2. The summed E-state index contributed by atoms with van der Waals surface area (Å²) in [5.41, 5.74) is 18.4. The molecule has 4 aliphatic rings. The van der Waals surface area contributed by atoms with Crippen molar-refractivity contribution < 1.29 is 19.3 Å². The van der Waals surface area contributed by atoms with E-state index in [0.29, 0.717) is 5.92 Å². The van der Waals surface area contributed by atoms with E-state index in [9.17, 15) is 0 Å². The van der Waals surface area contributed by atoms with E-state index < -0.39 is 19.3 Å². The Bertz CT molecular complexity index is 2430. The summed E-state index contributed by atoms with van der Waals surface area (Å²) < 4.78 is 8.77. The van der Waals surface area contributed by atoms with E-state index in [1.165, 1.54) is 72.4 Å². The minimum absolute atomic E-state index is 0. The first-order chi connectivity index (χ1) is 24.9. The molecule has 0 saturated carbocycles. The van der Waals surface area contributed by atoms with Crippen molar-refractivity contribution in [3.05, 3.63) is 158 Å². The van der Waals surface area contributed by atoms with Crippen LogP contribution < -0.4 is 0 Å². The normalized spacial score (nSPS) is 18.3. The first-order valence-electron chi connectivity index (χ1n) is 19.4. The number of allylic oxidation sites excluding steroid dienone is 8. The van der Waals surface area contributed by atoms with Gasteiger partial charge in [0.15, 0.2) is 0 Å². The average Bonchev–Trinajstić information content (AvgIpc) is 3.80. The second-order valence-corrected chi connectivity index (χ2v) is 27.4. The molecular formula is C50H54Cl4Zr. The standard InChI is InChI=1S/C25H25.C11H17.2C7H5Cl.2ClH.Zr/c1-14-12-24(3,4)22-8-16-7-17-9-23-19(15(2)13-25(23,5)6)11-21(17)20(16)10-18(14)22;1-5-9-6-7-10(8-9)11(2,3)4;2*1-6-2-4-7(8)5-3-6;;;/h8-12H,7H2,1-6H3;7-9H,5H2,1-4H3;2*1-5H;2*1H;. The maximum absolute atomic E-state index is 6.51. The van der Waals surface area contributed by atoms with Crippen molar-refractivity contribution in [1.29, 1.82) is 0 Å². The largest absolute Gasteiger partial charge is 0.147 e. The number of hydrogen-bond donors (Lipinski definition) is 0. The van der Waals surface area contributed by atoms with Gasteiger partial charge < -0.3 is 0 Å². The Morgan fingerprint density at radius 3 is 1.75 bits per heavy atom. The van der Waals surface area contributed by atoms with Gasteiger partial charge in [0.25, 0.3) is 0 Å². The Kier molecular flexibility index (Phi) is 11.3. The van der Waals surface area contributed by atoms with Gasteiger partial charge in [0.05, 0.1) is 0 Å². The molecule has 0 spiro atoms. The molecule has 286 valence electrons. The van der Waals surface area contributed by atoms with Gasteiger partial charge in [-0.15, -0.1) is 24.8 Å². The van der Waals surface area contributed by atoms with Crippen LogP contribution in [0.25, 0.3) is 22.3 Å². The Morgan fingerprint density at radius 1 is 0.727 bits per heavy atom. The molecule has 1 unspecified atom stereocenters. The van der Waals surface area contributed by atoms with Gasteiger partial charge in [-0.1, -0.05) is 0 Å². The molecule has 55 heavy (non-hydrogen) atoms. The number of halogens is 4. The van der Waals surface area contributed by atoms with E-state index in [0.717, 1.165) is 22.9 Å². The second-order valence-electron chi connectivity index (χ2n) is 18.2. The summed E-state index contributed by atoms with van der Waals surface area (Å²) in [5.74, 6) is 0.381. The van der Waals surface area contributed by atoms with E-state index in [4.69, 9.17) is 23.2 Å². The summed E-state index contributed by atoms with van der Waals surface area (Å²) in [4.78, 5) is 0. The van der Waals surface area contributed by atoms with Crippen LogP contribution in [0.5, 0.6) is 0 Å². The van der Waals surface area contributed by atoms with Crippen molar-refractivity contribution in [1.82, 2.24) is 0 Å². The summed E-state index contributed by atoms with van der Waals surface area (Å²) in [6, 6.07) is 27.3. The maximum Gasteiger partial charge on any atom is -0.147 e. The van der Waals surface area contributed by atoms with Crippen LogP contribution in [-0.2, 0) is 36.5 Å². The third-order valence-corrected chi connectivity index (χ3v) is 25.2. The Morgan fingerprint density at radius 2 is 1.24 bits per heavy atom. The van der Waals surface area contributed by atoms with Gasteiger partial charge in [-0.25, -0.2) is 0 Å². The summed E-state index contributed by atoms with van der Waals surface area (Å²) in [6.45, 7) is 23.9. The summed E-state index contributed by atoms with van der Waals surface area (Å²) in [7, 11) is 0. The van der Waals surface area contributed by atoms with E-state index in [1.54, 1.807) is 6.56 Å². The Labute approximate surface area is 356 Å². The monoisotopic (exact) mass is 884 g/mol. The summed E-state index contributed by atoms with van der Waals surface area (Å²) in [5, 5.41) is 1.54. The van der Waals surface area contributed by atoms with E-state index in [2.05, 4.69) is 168 Å². The van der Waals surface area contributed by atoms with Gasteiger partial charge in [0.1, 0.15) is 0 Å². The zero-order valence-corrected chi connectivity index (χ0v) is 39.5. The molecule has 0 aromatic heterocycles. The molecule has 0 bridgehead atoms. The number of benzene rings is 4. The van der Waals surface area contributed by atoms with Crippen LogP contribution in [0.1, 0.15) is 120 Å². The van der Waals surface area contributed by atoms with Gasteiger partial charge in [-0.05, 0) is 0 Å². The molecule has 4 aromatic rings. The van der Waals surface area contributed by atoms with Crippen LogP contribution in [0.4, 0.5) is 0 Å². The molecule has 4 aliphatic carbocycles. The zero-order chi connectivity index (χ0) is 37.8. The van der Waals surface area contributed by atoms with Crippen molar-refractivity contribution in [3.8, 4) is 11.1 Å². The number of rotatable bonds is 5. The van der Waals surface area contributed by atoms with Gasteiger partial charge in [0, 0.05) is 0 Å². The van der Waals surface area contributed by atoms with Crippen LogP contribution in [-0.4, -0.2) is 7.42 Å². The number of hydrogen-bond acceptors (Lipinski definition) is 0. The Balaban J connectivity index is 0.00000257. The first kappa shape index (κ1) is 42.2. The van der Waals surface area contributed by atoms with E-state index in [-0.39, 0.29) is 41.1 Å². The minimum atomic E-state index is -4.01. The van der Waals surface area contributed by atoms with Crippen molar-refractivity contribution in [2.24, 2.45) is 11.3 Å². The predicted octanol–water partition coefficient (Wildman–Crippen LogP) is 14.9. The number of fused-ring (bicyclic) bond motifs is 5. The van der Waals surface area contributed by atoms with Crippen molar-refractivity contribution in [3.63, 3.8) is 0 Å². The molecule has 0 heterocycles. The van der Waals surface area contributed by atoms with Gasteiger partial charge in [-0.2, -0.15) is 0 Å². The minimum Gasteiger partial charge on any atom is -0.147 e. The fourth-order valence-corrected chi connectivity index (χ4v) is 24.4. The average molecular weight is 888 g/mol. The molecular weight excluding hydrogens is 834 g/mol. The zero-order valence-electron chi connectivity index (χ0n) is 33.9. The summed E-state index contributed by atoms with van der Waals surface area (Å²) >= 11 is 9.02. The van der Waals surface area contributed by atoms with Crippen LogP contribution in [0.2, 0.25) is 10.0 Å². The van der Waals surface area contributed by atoms with E-state index >= 15 is 0 Å². The SMILES string of the molecule is CCC1C=C(C(C)(C)C)C=[C]1[Zr](=[CH]c1ccc(Cl)cc1)(=[CH]c1ccc(Cl)cc1)[C]1=C(C)c2cc3c(cc2C1(C)C)Cc1cc2c(cc1-3)C(C)=CC2(C)C.Cl.Cl. The van der Waals surface area contributed by atoms with Crippen LogP contribution in [0, 0.1) is 11.3 Å². The molecule has 0 radical (unpaired) electrons. The second kappa shape index (κ2) is 14.8. The molecule has 0 N–H and O–H groups in total. The molecule has 4 aromatic carbocycles. The molecule has 1 atom stereocenters. The molecule has 0 amide bonds. The van der Waals surface area contributed by atoms with Crippen molar-refractivity contribution >= 4 is 66.6 Å². The predicted molar refractivity (Wildman–Crippen MR) is 244 cm³/mol. The van der Waals surface area contributed by atoms with Crippen LogP contribution in [0.3, 0.4) is 0 Å². The molecule has 0 saturated heterocycles. The van der Waals surface area contributed by atoms with Gasteiger partial charge in [-0.3, -0.25) is 0 Å². The third-order valence-electron chi connectivity index (χ3n) is 12.7. The quantitative estimate of drug-likeness (QED) is 0.165.